The van der Waals surface area contributed by atoms with Crippen LogP contribution in [-0.2, 0) is 9.47 Å². The molecule has 5 nitrogen and oxygen atoms in total. The van der Waals surface area contributed by atoms with Gasteiger partial charge in [-0.25, -0.2) is 0 Å². The topological polar surface area (TPSA) is 48.0 Å². The number of hydrogen-bond acceptors (Lipinski definition) is 4. The van der Waals surface area contributed by atoms with Crippen LogP contribution >= 0.6 is 0 Å². The van der Waals surface area contributed by atoms with Crippen molar-refractivity contribution in [1.82, 2.24) is 4.90 Å². The van der Waals surface area contributed by atoms with Crippen LogP contribution in [0, 0.1) is 0 Å². The Labute approximate surface area is 137 Å². The molecule has 2 aliphatic rings. The number of amides is 1. The minimum absolute atomic E-state index is 0.0410. The molecule has 0 aliphatic carbocycles. The van der Waals surface area contributed by atoms with E-state index in [9.17, 15) is 4.79 Å². The normalized spacial score (nSPS) is 22.7. The summed E-state index contributed by atoms with van der Waals surface area (Å²) in [4.78, 5) is 14.4. The van der Waals surface area contributed by atoms with E-state index in [1.54, 1.807) is 0 Å². The van der Waals surface area contributed by atoms with E-state index in [0.717, 1.165) is 25.2 Å². The summed E-state index contributed by atoms with van der Waals surface area (Å²) in [6.07, 6.45) is 2.08. The third kappa shape index (κ3) is 3.51. The number of carbonyl (C=O) groups is 1. The van der Waals surface area contributed by atoms with Crippen LogP contribution in [0.4, 0.5) is 0 Å². The summed E-state index contributed by atoms with van der Waals surface area (Å²) in [5.41, 5.74) is 0.466. The first-order valence-corrected chi connectivity index (χ1v) is 8.43. The molecule has 1 spiro atoms. The Morgan fingerprint density at radius 1 is 1.35 bits per heavy atom. The third-order valence-corrected chi connectivity index (χ3v) is 4.49. The number of nitrogens with zero attached hydrogens (tertiary/aromatic N) is 1. The van der Waals surface area contributed by atoms with Gasteiger partial charge in [-0.1, -0.05) is 6.07 Å². The molecule has 126 valence electrons. The van der Waals surface area contributed by atoms with Crippen molar-refractivity contribution >= 4 is 5.91 Å². The van der Waals surface area contributed by atoms with E-state index in [1.807, 2.05) is 43.0 Å². The van der Waals surface area contributed by atoms with Crippen LogP contribution in [0.15, 0.2) is 24.3 Å². The van der Waals surface area contributed by atoms with Gasteiger partial charge in [-0.2, -0.15) is 0 Å². The maximum Gasteiger partial charge on any atom is 0.254 e. The molecule has 0 aromatic heterocycles. The summed E-state index contributed by atoms with van der Waals surface area (Å²) in [5.74, 6) is 0.776. The van der Waals surface area contributed by atoms with Crippen molar-refractivity contribution in [2.45, 2.75) is 38.4 Å². The van der Waals surface area contributed by atoms with Crippen LogP contribution < -0.4 is 4.74 Å². The van der Waals surface area contributed by atoms with Gasteiger partial charge in [-0.15, -0.1) is 0 Å². The second-order valence-corrected chi connectivity index (χ2v) is 6.22. The van der Waals surface area contributed by atoms with Gasteiger partial charge in [-0.05, 0) is 38.5 Å². The molecule has 0 bridgehead atoms. The molecule has 2 aliphatic heterocycles. The van der Waals surface area contributed by atoms with Crippen LogP contribution in [-0.4, -0.2) is 55.4 Å². The van der Waals surface area contributed by atoms with E-state index in [-0.39, 0.29) is 17.6 Å². The fourth-order valence-corrected chi connectivity index (χ4v) is 3.44. The molecule has 3 rings (SSSR count). The van der Waals surface area contributed by atoms with E-state index in [4.69, 9.17) is 14.2 Å². The average Bonchev–Trinajstić information content (AvgIpc) is 2.53. The third-order valence-electron chi connectivity index (χ3n) is 4.49. The molecule has 1 amide bonds. The van der Waals surface area contributed by atoms with Gasteiger partial charge in [0.1, 0.15) is 11.4 Å². The molecule has 1 aromatic rings. The number of ether oxygens (including phenoxy) is 3. The minimum atomic E-state index is -0.203. The number of hydrogen-bond donors (Lipinski definition) is 0. The predicted molar refractivity (Wildman–Crippen MR) is 86.8 cm³/mol. The van der Waals surface area contributed by atoms with Crippen molar-refractivity contribution in [2.24, 2.45) is 0 Å². The van der Waals surface area contributed by atoms with Gasteiger partial charge in [0, 0.05) is 25.2 Å². The maximum atomic E-state index is 12.6. The molecular formula is C18H25NO4. The van der Waals surface area contributed by atoms with Crippen LogP contribution in [0.2, 0.25) is 0 Å². The lowest BCUT2D eigenvalue weighted by Gasteiger charge is -2.53. The Hall–Kier alpha value is -1.59. The molecule has 1 atom stereocenters. The summed E-state index contributed by atoms with van der Waals surface area (Å²) >= 11 is 0. The zero-order valence-electron chi connectivity index (χ0n) is 13.9. The maximum absolute atomic E-state index is 12.6. The summed E-state index contributed by atoms with van der Waals surface area (Å²) in [6.45, 7) is 7.28. The summed E-state index contributed by atoms with van der Waals surface area (Å²) < 4.78 is 17.2. The Morgan fingerprint density at radius 3 is 2.91 bits per heavy atom. The van der Waals surface area contributed by atoms with Gasteiger partial charge in [0.15, 0.2) is 0 Å². The van der Waals surface area contributed by atoms with Gasteiger partial charge in [0.25, 0.3) is 5.91 Å². The zero-order chi connectivity index (χ0) is 16.3. The van der Waals surface area contributed by atoms with E-state index in [2.05, 4.69) is 0 Å². The van der Waals surface area contributed by atoms with Crippen LogP contribution in [0.3, 0.4) is 0 Å². The molecule has 1 unspecified atom stereocenters. The summed E-state index contributed by atoms with van der Waals surface area (Å²) in [7, 11) is 0. The van der Waals surface area contributed by atoms with Gasteiger partial charge < -0.3 is 19.1 Å². The molecule has 2 fully saturated rings. The zero-order valence-corrected chi connectivity index (χ0v) is 13.9. The molecule has 2 heterocycles. The molecule has 2 saturated heterocycles. The molecule has 23 heavy (non-hydrogen) atoms. The summed E-state index contributed by atoms with van der Waals surface area (Å²) in [5, 5.41) is 0. The smallest absolute Gasteiger partial charge is 0.254 e. The predicted octanol–water partition coefficient (Wildman–Crippen LogP) is 2.50. The highest BCUT2D eigenvalue weighted by atomic mass is 16.5. The Balaban J connectivity index is 1.60. The number of likely N-dealkylation sites (tertiary alicyclic amines) is 1. The first-order valence-electron chi connectivity index (χ1n) is 8.43. The average molecular weight is 319 g/mol. The van der Waals surface area contributed by atoms with Gasteiger partial charge in [0.2, 0.25) is 0 Å². The van der Waals surface area contributed by atoms with Crippen molar-refractivity contribution in [3.8, 4) is 5.75 Å². The lowest BCUT2D eigenvalue weighted by molar-refractivity contribution is -0.185. The fraction of sp³-hybridized carbons (Fsp3) is 0.611. The molecule has 0 radical (unpaired) electrons. The SMILES string of the molecule is CCOc1cccc(C(=O)N2CC3(CC(OCC)CCO3)C2)c1. The number of rotatable bonds is 5. The highest BCUT2D eigenvalue weighted by Gasteiger charge is 2.49. The molecule has 0 N–H and O–H groups in total. The lowest BCUT2D eigenvalue weighted by atomic mass is 9.84. The van der Waals surface area contributed by atoms with Crippen LogP contribution in [0.1, 0.15) is 37.0 Å². The molecule has 1 aromatic carbocycles. The lowest BCUT2D eigenvalue weighted by Crippen LogP contribution is -2.67. The highest BCUT2D eigenvalue weighted by molar-refractivity contribution is 5.95. The Bertz CT molecular complexity index is 552. The van der Waals surface area contributed by atoms with E-state index in [0.29, 0.717) is 31.9 Å². The molecular weight excluding hydrogens is 294 g/mol. The van der Waals surface area contributed by atoms with Gasteiger partial charge in [0.05, 0.1) is 25.8 Å². The van der Waals surface area contributed by atoms with Gasteiger partial charge >= 0.3 is 0 Å². The second-order valence-electron chi connectivity index (χ2n) is 6.22. The van der Waals surface area contributed by atoms with Crippen molar-refractivity contribution in [1.29, 1.82) is 0 Å². The van der Waals surface area contributed by atoms with Crippen LogP contribution in [0.25, 0.3) is 0 Å². The first kappa shape index (κ1) is 16.3. The quantitative estimate of drug-likeness (QED) is 0.836. The van der Waals surface area contributed by atoms with Crippen molar-refractivity contribution in [3.63, 3.8) is 0 Å². The number of benzene rings is 1. The molecule has 0 saturated carbocycles. The largest absolute Gasteiger partial charge is 0.494 e. The first-order chi connectivity index (χ1) is 11.2. The van der Waals surface area contributed by atoms with E-state index >= 15 is 0 Å². The standard InChI is InChI=1S/C18H25NO4/c1-3-21-15-7-5-6-14(10-15)17(20)19-12-18(13-19)11-16(22-4-2)8-9-23-18/h5-7,10,16H,3-4,8-9,11-13H2,1-2H3. The Morgan fingerprint density at radius 2 is 2.17 bits per heavy atom. The molecule has 5 heteroatoms. The Kier molecular flexibility index (Phi) is 4.87. The monoisotopic (exact) mass is 319 g/mol. The van der Waals surface area contributed by atoms with E-state index < -0.39 is 0 Å². The minimum Gasteiger partial charge on any atom is -0.494 e. The van der Waals surface area contributed by atoms with Crippen LogP contribution in [0.5, 0.6) is 5.75 Å². The highest BCUT2D eigenvalue weighted by Crippen LogP contribution is 2.36. The van der Waals surface area contributed by atoms with Crippen molar-refractivity contribution in [2.75, 3.05) is 32.9 Å². The second kappa shape index (κ2) is 6.89. The van der Waals surface area contributed by atoms with Crippen molar-refractivity contribution in [3.05, 3.63) is 29.8 Å². The van der Waals surface area contributed by atoms with Gasteiger partial charge in [-0.3, -0.25) is 4.79 Å². The van der Waals surface area contributed by atoms with Crippen molar-refractivity contribution < 1.29 is 19.0 Å². The fourth-order valence-electron chi connectivity index (χ4n) is 3.44. The van der Waals surface area contributed by atoms with E-state index in [1.165, 1.54) is 0 Å². The summed E-state index contributed by atoms with van der Waals surface area (Å²) in [6, 6.07) is 7.37. The number of carbonyl (C=O) groups excluding carboxylic acids is 1.